The molecule has 1 aliphatic heterocycles. The molecule has 0 aromatic rings. The number of halogens is 1. The van der Waals surface area contributed by atoms with Crippen LogP contribution in [0.1, 0.15) is 26.7 Å². The molecule has 1 rings (SSSR count). The second-order valence-electron chi connectivity index (χ2n) is 3.35. The van der Waals surface area contributed by atoms with Gasteiger partial charge < -0.3 is 18.9 Å². The third kappa shape index (κ3) is 3.89. The molecule has 1 aliphatic rings. The molecule has 0 spiro atoms. The van der Waals surface area contributed by atoms with Crippen molar-refractivity contribution in [2.24, 2.45) is 0 Å². The minimum atomic E-state index is -1.27. The van der Waals surface area contributed by atoms with Crippen molar-refractivity contribution in [3.05, 3.63) is 0 Å². The Morgan fingerprint density at radius 2 is 2.00 bits per heavy atom. The van der Waals surface area contributed by atoms with Gasteiger partial charge in [-0.05, 0) is 12.8 Å². The van der Waals surface area contributed by atoms with E-state index in [0.717, 1.165) is 12.8 Å². The molecule has 0 aromatic heterocycles. The van der Waals surface area contributed by atoms with Crippen LogP contribution in [-0.2, 0) is 18.9 Å². The molecule has 90 valence electrons. The maximum Gasteiger partial charge on any atom is 0.301 e. The van der Waals surface area contributed by atoms with Crippen LogP contribution in [0.3, 0.4) is 0 Å². The fourth-order valence-electron chi connectivity index (χ4n) is 1.23. The molecule has 0 aliphatic carbocycles. The third-order valence-corrected chi connectivity index (χ3v) is 2.31. The molecule has 2 unspecified atom stereocenters. The van der Waals surface area contributed by atoms with Crippen molar-refractivity contribution in [2.45, 2.75) is 38.2 Å². The van der Waals surface area contributed by atoms with Gasteiger partial charge in [-0.3, -0.25) is 0 Å². The Kier molecular flexibility index (Phi) is 5.86. The molecule has 0 N–H and O–H groups in total. The van der Waals surface area contributed by atoms with Crippen molar-refractivity contribution in [1.82, 2.24) is 0 Å². The molecular formula is C10H19ClO4. The van der Waals surface area contributed by atoms with E-state index in [1.807, 2.05) is 13.8 Å². The zero-order chi connectivity index (χ0) is 11.1. The monoisotopic (exact) mass is 238 g/mol. The fraction of sp³-hybridized carbons (Fsp3) is 1.00. The number of alkyl halides is 1. The first-order chi connectivity index (χ1) is 7.23. The topological polar surface area (TPSA) is 36.9 Å². The molecule has 1 saturated heterocycles. The van der Waals surface area contributed by atoms with Gasteiger partial charge in [0.25, 0.3) is 0 Å². The summed E-state index contributed by atoms with van der Waals surface area (Å²) in [5.74, 6) is 0. The van der Waals surface area contributed by atoms with Gasteiger partial charge in [-0.2, -0.15) is 0 Å². The predicted octanol–water partition coefficient (Wildman–Crippen LogP) is 2.11. The number of ether oxygens (including phenoxy) is 4. The van der Waals surface area contributed by atoms with E-state index in [1.54, 1.807) is 0 Å². The minimum absolute atomic E-state index is 0.430. The SMILES string of the molecule is CCCOC1OCCOC1(Cl)OCCC. The number of hydrogen-bond donors (Lipinski definition) is 0. The van der Waals surface area contributed by atoms with Crippen molar-refractivity contribution in [3.8, 4) is 0 Å². The smallest absolute Gasteiger partial charge is 0.301 e. The first-order valence-corrected chi connectivity index (χ1v) is 5.80. The van der Waals surface area contributed by atoms with Gasteiger partial charge in [0.1, 0.15) is 0 Å². The Hall–Kier alpha value is 0.130. The summed E-state index contributed by atoms with van der Waals surface area (Å²) in [6.07, 6.45) is 1.14. The Balaban J connectivity index is 2.46. The summed E-state index contributed by atoms with van der Waals surface area (Å²) in [6.45, 7) is 6.05. The molecule has 0 aromatic carbocycles. The fourth-order valence-corrected chi connectivity index (χ4v) is 1.51. The summed E-state index contributed by atoms with van der Waals surface area (Å²) in [7, 11) is 0. The van der Waals surface area contributed by atoms with Crippen LogP contribution in [0.5, 0.6) is 0 Å². The molecule has 2 atom stereocenters. The highest BCUT2D eigenvalue weighted by molar-refractivity contribution is 6.22. The van der Waals surface area contributed by atoms with Crippen molar-refractivity contribution in [1.29, 1.82) is 0 Å². The van der Waals surface area contributed by atoms with Gasteiger partial charge in [-0.15, -0.1) is 0 Å². The van der Waals surface area contributed by atoms with Crippen LogP contribution >= 0.6 is 11.6 Å². The molecule has 0 bridgehead atoms. The van der Waals surface area contributed by atoms with E-state index in [2.05, 4.69) is 0 Å². The molecular weight excluding hydrogens is 220 g/mol. The van der Waals surface area contributed by atoms with Gasteiger partial charge in [0, 0.05) is 6.61 Å². The van der Waals surface area contributed by atoms with Crippen LogP contribution in [-0.4, -0.2) is 38.0 Å². The van der Waals surface area contributed by atoms with E-state index in [-0.39, 0.29) is 0 Å². The van der Waals surface area contributed by atoms with Crippen LogP contribution < -0.4 is 0 Å². The third-order valence-electron chi connectivity index (χ3n) is 1.91. The van der Waals surface area contributed by atoms with Gasteiger partial charge in [-0.25, -0.2) is 0 Å². The zero-order valence-electron chi connectivity index (χ0n) is 9.33. The second-order valence-corrected chi connectivity index (χ2v) is 3.88. The summed E-state index contributed by atoms with van der Waals surface area (Å²) < 4.78 is 21.6. The largest absolute Gasteiger partial charge is 0.347 e. The number of rotatable bonds is 6. The van der Waals surface area contributed by atoms with E-state index < -0.39 is 11.5 Å². The van der Waals surface area contributed by atoms with Crippen molar-refractivity contribution in [3.63, 3.8) is 0 Å². The molecule has 4 nitrogen and oxygen atoms in total. The van der Waals surface area contributed by atoms with Crippen LogP contribution in [0.25, 0.3) is 0 Å². The summed E-state index contributed by atoms with van der Waals surface area (Å²) in [5, 5.41) is -1.27. The lowest BCUT2D eigenvalue weighted by atomic mass is 10.4. The molecule has 1 heterocycles. The van der Waals surface area contributed by atoms with Crippen LogP contribution in [0.15, 0.2) is 0 Å². The summed E-state index contributed by atoms with van der Waals surface area (Å²) in [6, 6.07) is 0. The predicted molar refractivity (Wildman–Crippen MR) is 56.8 cm³/mol. The molecule has 0 amide bonds. The molecule has 15 heavy (non-hydrogen) atoms. The van der Waals surface area contributed by atoms with Gasteiger partial charge in [-0.1, -0.05) is 25.4 Å². The van der Waals surface area contributed by atoms with Crippen LogP contribution in [0.2, 0.25) is 0 Å². The maximum atomic E-state index is 6.16. The Bertz CT molecular complexity index is 179. The number of hydrogen-bond acceptors (Lipinski definition) is 4. The van der Waals surface area contributed by atoms with Gasteiger partial charge >= 0.3 is 5.25 Å². The highest BCUT2D eigenvalue weighted by Crippen LogP contribution is 2.30. The molecule has 0 saturated carbocycles. The van der Waals surface area contributed by atoms with E-state index in [0.29, 0.717) is 26.4 Å². The van der Waals surface area contributed by atoms with Crippen molar-refractivity contribution < 1.29 is 18.9 Å². The van der Waals surface area contributed by atoms with E-state index in [1.165, 1.54) is 0 Å². The average molecular weight is 239 g/mol. The van der Waals surface area contributed by atoms with Crippen LogP contribution in [0, 0.1) is 0 Å². The highest BCUT2D eigenvalue weighted by atomic mass is 35.5. The van der Waals surface area contributed by atoms with Crippen molar-refractivity contribution in [2.75, 3.05) is 26.4 Å². The highest BCUT2D eigenvalue weighted by Gasteiger charge is 2.44. The second kappa shape index (κ2) is 6.66. The molecule has 0 radical (unpaired) electrons. The van der Waals surface area contributed by atoms with E-state index >= 15 is 0 Å². The zero-order valence-corrected chi connectivity index (χ0v) is 10.1. The van der Waals surface area contributed by atoms with E-state index in [9.17, 15) is 0 Å². The summed E-state index contributed by atoms with van der Waals surface area (Å²) in [5.41, 5.74) is 0. The summed E-state index contributed by atoms with van der Waals surface area (Å²) in [4.78, 5) is 0. The normalized spacial score (nSPS) is 31.8. The lowest BCUT2D eigenvalue weighted by molar-refractivity contribution is -0.344. The Morgan fingerprint density at radius 1 is 1.27 bits per heavy atom. The minimum Gasteiger partial charge on any atom is -0.347 e. The van der Waals surface area contributed by atoms with Crippen LogP contribution in [0.4, 0.5) is 0 Å². The van der Waals surface area contributed by atoms with Gasteiger partial charge in [0.05, 0.1) is 19.8 Å². The molecule has 5 heteroatoms. The summed E-state index contributed by atoms with van der Waals surface area (Å²) >= 11 is 6.16. The Morgan fingerprint density at radius 3 is 2.67 bits per heavy atom. The quantitative estimate of drug-likeness (QED) is 0.664. The first-order valence-electron chi connectivity index (χ1n) is 5.43. The standard InChI is InChI=1S/C10H19ClO4/c1-3-5-12-9-10(11,14-6-4-2)15-8-7-13-9/h9H,3-8H2,1-2H3. The first kappa shape index (κ1) is 13.2. The maximum absolute atomic E-state index is 6.16. The lowest BCUT2D eigenvalue weighted by Crippen LogP contribution is -2.50. The molecule has 1 fully saturated rings. The van der Waals surface area contributed by atoms with Crippen molar-refractivity contribution >= 4 is 11.6 Å². The van der Waals surface area contributed by atoms with Gasteiger partial charge in [0.15, 0.2) is 0 Å². The lowest BCUT2D eigenvalue weighted by Gasteiger charge is -2.37. The van der Waals surface area contributed by atoms with E-state index in [4.69, 9.17) is 30.5 Å². The Labute approximate surface area is 95.8 Å². The average Bonchev–Trinajstić information content (AvgIpc) is 2.25. The van der Waals surface area contributed by atoms with Gasteiger partial charge in [0.2, 0.25) is 6.29 Å².